The summed E-state index contributed by atoms with van der Waals surface area (Å²) in [6, 6.07) is 10.5. The lowest BCUT2D eigenvalue weighted by Gasteiger charge is -2.23. The number of anilines is 1. The molecule has 5 nitrogen and oxygen atoms in total. The molecule has 0 bridgehead atoms. The lowest BCUT2D eigenvalue weighted by molar-refractivity contribution is -0.137. The molecular weight excluding hydrogens is 437 g/mol. The van der Waals surface area contributed by atoms with Crippen molar-refractivity contribution in [3.05, 3.63) is 59.7 Å². The number of thioether (sulfide) groups is 1. The molecule has 2 amide bonds. The Kier molecular flexibility index (Phi) is 5.26. The average Bonchev–Trinajstić information content (AvgIpc) is 3.11. The Morgan fingerprint density at radius 1 is 1.07 bits per heavy atom. The molecule has 0 saturated carbocycles. The normalized spacial score (nSPS) is 23.1. The van der Waals surface area contributed by atoms with Gasteiger partial charge in [0.2, 0.25) is 0 Å². The first kappa shape index (κ1) is 21.0. The number of carbonyl (C=O) groups is 1. The molecule has 0 unspecified atom stereocenters. The van der Waals surface area contributed by atoms with Crippen LogP contribution in [0.2, 0.25) is 0 Å². The molecule has 2 aliphatic heterocycles. The molecule has 2 heterocycles. The van der Waals surface area contributed by atoms with Crippen LogP contribution < -0.4 is 4.90 Å². The standard InChI is InChI=1S/C20H19F3N2O3S2/c1-29-16-7-3-6-15(9-16)25-18-12-30(27,28)11-17(18)24(19(25)26)10-13-4-2-5-14(8-13)20(21,22)23/h2-9,17-18H,10-12H2,1H3/t17-,18-/m1/s1. The van der Waals surface area contributed by atoms with E-state index in [9.17, 15) is 26.4 Å². The SMILES string of the molecule is CSc1cccc(N2C(=O)N(Cc3cccc(C(F)(F)F)c3)[C@@H]3CS(=O)(=O)C[C@H]32)c1. The van der Waals surface area contributed by atoms with Crippen molar-refractivity contribution in [1.82, 2.24) is 4.90 Å². The highest BCUT2D eigenvalue weighted by molar-refractivity contribution is 7.98. The molecule has 10 heteroatoms. The molecule has 4 rings (SSSR count). The second kappa shape index (κ2) is 7.49. The van der Waals surface area contributed by atoms with Crippen molar-refractivity contribution in [3.63, 3.8) is 0 Å². The minimum absolute atomic E-state index is 0.0852. The maximum absolute atomic E-state index is 13.2. The molecule has 0 aromatic heterocycles. The highest BCUT2D eigenvalue weighted by atomic mass is 32.2. The average molecular weight is 457 g/mol. The van der Waals surface area contributed by atoms with Crippen molar-refractivity contribution in [3.8, 4) is 0 Å². The summed E-state index contributed by atoms with van der Waals surface area (Å²) in [6.45, 7) is -0.0852. The Balaban J connectivity index is 1.69. The van der Waals surface area contributed by atoms with E-state index in [-0.39, 0.29) is 18.1 Å². The van der Waals surface area contributed by atoms with Crippen LogP contribution in [0.4, 0.5) is 23.7 Å². The summed E-state index contributed by atoms with van der Waals surface area (Å²) in [6.07, 6.45) is -2.59. The van der Waals surface area contributed by atoms with Gasteiger partial charge in [0.15, 0.2) is 9.84 Å². The second-order valence-electron chi connectivity index (χ2n) is 7.39. The van der Waals surface area contributed by atoms with Crippen LogP contribution in [-0.4, -0.2) is 49.2 Å². The molecular formula is C20H19F3N2O3S2. The minimum atomic E-state index is -4.49. The van der Waals surface area contributed by atoms with Crippen LogP contribution in [0, 0.1) is 0 Å². The number of benzene rings is 2. The van der Waals surface area contributed by atoms with Crippen molar-refractivity contribution in [2.75, 3.05) is 22.7 Å². The number of hydrogen-bond donors (Lipinski definition) is 0. The summed E-state index contributed by atoms with van der Waals surface area (Å²) in [7, 11) is -3.36. The smallest absolute Gasteiger partial charge is 0.314 e. The number of sulfone groups is 1. The molecule has 0 spiro atoms. The third kappa shape index (κ3) is 3.90. The Labute approximate surface area is 176 Å². The molecule has 2 aromatic carbocycles. The Hall–Kier alpha value is -2.20. The predicted molar refractivity (Wildman–Crippen MR) is 109 cm³/mol. The van der Waals surface area contributed by atoms with Gasteiger partial charge < -0.3 is 4.90 Å². The summed E-state index contributed by atoms with van der Waals surface area (Å²) in [5, 5.41) is 0. The zero-order chi connectivity index (χ0) is 21.7. The number of alkyl halides is 3. The molecule has 160 valence electrons. The van der Waals surface area contributed by atoms with E-state index >= 15 is 0 Å². The van der Waals surface area contributed by atoms with Crippen LogP contribution in [0.3, 0.4) is 0 Å². The van der Waals surface area contributed by atoms with Gasteiger partial charge in [0.05, 0.1) is 29.2 Å². The Morgan fingerprint density at radius 3 is 2.47 bits per heavy atom. The summed E-state index contributed by atoms with van der Waals surface area (Å²) >= 11 is 1.50. The number of fused-ring (bicyclic) bond motifs is 1. The molecule has 0 aliphatic carbocycles. The van der Waals surface area contributed by atoms with Crippen LogP contribution in [0.25, 0.3) is 0 Å². The topological polar surface area (TPSA) is 57.7 Å². The van der Waals surface area contributed by atoms with Gasteiger partial charge in [0.1, 0.15) is 0 Å². The first-order chi connectivity index (χ1) is 14.1. The lowest BCUT2D eigenvalue weighted by atomic mass is 10.1. The number of rotatable bonds is 4. The van der Waals surface area contributed by atoms with Crippen molar-refractivity contribution >= 4 is 33.3 Å². The zero-order valence-electron chi connectivity index (χ0n) is 16.0. The van der Waals surface area contributed by atoms with Crippen LogP contribution in [0.1, 0.15) is 11.1 Å². The maximum atomic E-state index is 13.2. The molecule has 2 aliphatic rings. The van der Waals surface area contributed by atoms with Gasteiger partial charge in [-0.15, -0.1) is 11.8 Å². The third-order valence-electron chi connectivity index (χ3n) is 5.42. The van der Waals surface area contributed by atoms with Crippen LogP contribution in [0.15, 0.2) is 53.4 Å². The van der Waals surface area contributed by atoms with E-state index in [1.807, 2.05) is 18.4 Å². The monoisotopic (exact) mass is 456 g/mol. The number of hydrogen-bond acceptors (Lipinski definition) is 4. The molecule has 2 fully saturated rings. The van der Waals surface area contributed by atoms with Crippen molar-refractivity contribution in [2.45, 2.75) is 29.7 Å². The van der Waals surface area contributed by atoms with Gasteiger partial charge in [0.25, 0.3) is 0 Å². The molecule has 30 heavy (non-hydrogen) atoms. The summed E-state index contributed by atoms with van der Waals surface area (Å²) in [5.41, 5.74) is 0.0956. The van der Waals surface area contributed by atoms with E-state index in [1.54, 1.807) is 12.1 Å². The fourth-order valence-electron chi connectivity index (χ4n) is 4.07. The first-order valence-corrected chi connectivity index (χ1v) is 12.2. The van der Waals surface area contributed by atoms with Gasteiger partial charge in [-0.3, -0.25) is 4.90 Å². The second-order valence-corrected chi connectivity index (χ2v) is 10.4. The van der Waals surface area contributed by atoms with Crippen molar-refractivity contribution < 1.29 is 26.4 Å². The number of amides is 2. The summed E-state index contributed by atoms with van der Waals surface area (Å²) in [5.74, 6) is -0.354. The van der Waals surface area contributed by atoms with Gasteiger partial charge >= 0.3 is 12.2 Å². The number of urea groups is 1. The maximum Gasteiger partial charge on any atom is 0.416 e. The van der Waals surface area contributed by atoms with Crippen molar-refractivity contribution in [1.29, 1.82) is 0 Å². The van der Waals surface area contributed by atoms with Gasteiger partial charge in [-0.2, -0.15) is 13.2 Å². The molecule has 2 atom stereocenters. The lowest BCUT2D eigenvalue weighted by Crippen LogP contribution is -2.37. The number of carbonyl (C=O) groups excluding carboxylic acids is 1. The van der Waals surface area contributed by atoms with Crippen LogP contribution in [0.5, 0.6) is 0 Å². The van der Waals surface area contributed by atoms with Gasteiger partial charge in [-0.1, -0.05) is 18.2 Å². The van der Waals surface area contributed by atoms with E-state index in [4.69, 9.17) is 0 Å². The fraction of sp³-hybridized carbons (Fsp3) is 0.350. The zero-order valence-corrected chi connectivity index (χ0v) is 17.6. The molecule has 2 aromatic rings. The largest absolute Gasteiger partial charge is 0.416 e. The molecule has 0 N–H and O–H groups in total. The Bertz CT molecular complexity index is 1090. The Morgan fingerprint density at radius 2 is 1.77 bits per heavy atom. The van der Waals surface area contributed by atoms with Gasteiger partial charge in [0, 0.05) is 17.1 Å². The van der Waals surface area contributed by atoms with E-state index < -0.39 is 39.7 Å². The first-order valence-electron chi connectivity index (χ1n) is 9.19. The van der Waals surface area contributed by atoms with E-state index in [2.05, 4.69) is 0 Å². The quantitative estimate of drug-likeness (QED) is 0.515. The third-order valence-corrected chi connectivity index (χ3v) is 7.84. The van der Waals surface area contributed by atoms with E-state index in [0.29, 0.717) is 11.3 Å². The highest BCUT2D eigenvalue weighted by Gasteiger charge is 2.53. The van der Waals surface area contributed by atoms with E-state index in [0.717, 1.165) is 17.0 Å². The van der Waals surface area contributed by atoms with Gasteiger partial charge in [-0.25, -0.2) is 13.2 Å². The summed E-state index contributed by atoms with van der Waals surface area (Å²) in [4.78, 5) is 17.0. The highest BCUT2D eigenvalue weighted by Crippen LogP contribution is 2.37. The van der Waals surface area contributed by atoms with Gasteiger partial charge in [-0.05, 0) is 42.2 Å². The number of nitrogens with zero attached hydrogens (tertiary/aromatic N) is 2. The molecule has 2 saturated heterocycles. The predicted octanol–water partition coefficient (Wildman–Crippen LogP) is 4.04. The minimum Gasteiger partial charge on any atom is -0.314 e. The molecule has 0 radical (unpaired) electrons. The fourth-order valence-corrected chi connectivity index (χ4v) is 6.47. The van der Waals surface area contributed by atoms with E-state index in [1.165, 1.54) is 33.7 Å². The summed E-state index contributed by atoms with van der Waals surface area (Å²) < 4.78 is 63.8. The number of halogens is 3. The van der Waals surface area contributed by atoms with Crippen LogP contribution >= 0.6 is 11.8 Å². The van der Waals surface area contributed by atoms with Crippen molar-refractivity contribution in [2.24, 2.45) is 0 Å². The van der Waals surface area contributed by atoms with Crippen LogP contribution in [-0.2, 0) is 22.6 Å².